The van der Waals surface area contributed by atoms with Crippen LogP contribution >= 0.6 is 0 Å². The SMILES string of the molecule is Cc1[nH]nc2ncc(-c3cccc(F)c3)cc12. The van der Waals surface area contributed by atoms with E-state index in [0.717, 1.165) is 22.2 Å². The van der Waals surface area contributed by atoms with Crippen LogP contribution in [0.15, 0.2) is 36.5 Å². The van der Waals surface area contributed by atoms with Gasteiger partial charge in [0.2, 0.25) is 0 Å². The molecule has 17 heavy (non-hydrogen) atoms. The molecular formula is C13H10FN3. The van der Waals surface area contributed by atoms with Gasteiger partial charge in [-0.15, -0.1) is 0 Å². The second-order valence-corrected chi connectivity index (χ2v) is 3.95. The molecule has 3 nitrogen and oxygen atoms in total. The zero-order chi connectivity index (χ0) is 11.8. The van der Waals surface area contributed by atoms with Crippen molar-refractivity contribution in [3.05, 3.63) is 48.0 Å². The van der Waals surface area contributed by atoms with E-state index in [2.05, 4.69) is 15.2 Å². The first-order valence-corrected chi connectivity index (χ1v) is 5.31. The lowest BCUT2D eigenvalue weighted by Crippen LogP contribution is -1.83. The minimum absolute atomic E-state index is 0.244. The van der Waals surface area contributed by atoms with Crippen LogP contribution in [0.1, 0.15) is 5.69 Å². The van der Waals surface area contributed by atoms with Crippen LogP contribution in [0.3, 0.4) is 0 Å². The van der Waals surface area contributed by atoms with Crippen molar-refractivity contribution >= 4 is 11.0 Å². The largest absolute Gasteiger partial charge is 0.280 e. The van der Waals surface area contributed by atoms with Crippen LogP contribution in [0.5, 0.6) is 0 Å². The Morgan fingerprint density at radius 2 is 2.06 bits per heavy atom. The van der Waals surface area contributed by atoms with E-state index in [1.54, 1.807) is 12.3 Å². The van der Waals surface area contributed by atoms with E-state index in [1.807, 2.05) is 19.1 Å². The Kier molecular flexibility index (Phi) is 2.14. The van der Waals surface area contributed by atoms with Crippen molar-refractivity contribution in [1.82, 2.24) is 15.2 Å². The van der Waals surface area contributed by atoms with Crippen molar-refractivity contribution in [2.24, 2.45) is 0 Å². The van der Waals surface area contributed by atoms with Crippen molar-refractivity contribution in [3.63, 3.8) is 0 Å². The number of aromatic amines is 1. The molecule has 0 saturated heterocycles. The Hall–Kier alpha value is -2.23. The first-order chi connectivity index (χ1) is 8.24. The third-order valence-electron chi connectivity index (χ3n) is 2.76. The average Bonchev–Trinajstić information content (AvgIpc) is 2.71. The third-order valence-corrected chi connectivity index (χ3v) is 2.76. The highest BCUT2D eigenvalue weighted by Gasteiger charge is 2.05. The molecule has 0 bridgehead atoms. The van der Waals surface area contributed by atoms with Gasteiger partial charge in [0.25, 0.3) is 0 Å². The predicted molar refractivity (Wildman–Crippen MR) is 64.0 cm³/mol. The summed E-state index contributed by atoms with van der Waals surface area (Å²) in [4.78, 5) is 4.24. The highest BCUT2D eigenvalue weighted by atomic mass is 19.1. The van der Waals surface area contributed by atoms with Crippen LogP contribution in [0.2, 0.25) is 0 Å². The van der Waals surface area contributed by atoms with E-state index in [9.17, 15) is 4.39 Å². The molecule has 0 fully saturated rings. The molecule has 0 radical (unpaired) electrons. The Balaban J connectivity index is 2.20. The first-order valence-electron chi connectivity index (χ1n) is 5.31. The van der Waals surface area contributed by atoms with Gasteiger partial charge < -0.3 is 0 Å². The van der Waals surface area contributed by atoms with Crippen LogP contribution < -0.4 is 0 Å². The van der Waals surface area contributed by atoms with Gasteiger partial charge in [-0.1, -0.05) is 12.1 Å². The molecule has 2 aromatic heterocycles. The van der Waals surface area contributed by atoms with E-state index in [1.165, 1.54) is 12.1 Å². The molecule has 0 atom stereocenters. The number of hydrogen-bond donors (Lipinski definition) is 1. The van der Waals surface area contributed by atoms with Crippen molar-refractivity contribution in [2.75, 3.05) is 0 Å². The molecule has 1 aromatic carbocycles. The summed E-state index contributed by atoms with van der Waals surface area (Å²) in [6.07, 6.45) is 1.71. The lowest BCUT2D eigenvalue weighted by molar-refractivity contribution is 0.628. The maximum absolute atomic E-state index is 13.1. The number of nitrogens with zero attached hydrogens (tertiary/aromatic N) is 2. The molecule has 0 saturated carbocycles. The summed E-state index contributed by atoms with van der Waals surface area (Å²) in [5, 5.41) is 7.91. The molecule has 4 heteroatoms. The van der Waals surface area contributed by atoms with Gasteiger partial charge >= 0.3 is 0 Å². The summed E-state index contributed by atoms with van der Waals surface area (Å²) in [5.41, 5.74) is 3.36. The topological polar surface area (TPSA) is 41.6 Å². The summed E-state index contributed by atoms with van der Waals surface area (Å²) in [6, 6.07) is 8.45. The zero-order valence-electron chi connectivity index (χ0n) is 9.24. The summed E-state index contributed by atoms with van der Waals surface area (Å²) in [5.74, 6) is -0.244. The number of halogens is 1. The summed E-state index contributed by atoms with van der Waals surface area (Å²) in [7, 11) is 0. The number of fused-ring (bicyclic) bond motifs is 1. The number of aromatic nitrogens is 3. The molecule has 0 aliphatic carbocycles. The number of pyridine rings is 1. The molecule has 0 aliphatic rings. The number of rotatable bonds is 1. The van der Waals surface area contributed by atoms with E-state index < -0.39 is 0 Å². The second kappa shape index (κ2) is 3.66. The minimum Gasteiger partial charge on any atom is -0.280 e. The quantitative estimate of drug-likeness (QED) is 0.694. The monoisotopic (exact) mass is 227 g/mol. The first kappa shape index (κ1) is 9.96. The second-order valence-electron chi connectivity index (χ2n) is 3.95. The summed E-state index contributed by atoms with van der Waals surface area (Å²) in [6.45, 7) is 1.94. The Morgan fingerprint density at radius 1 is 1.18 bits per heavy atom. The van der Waals surface area contributed by atoms with Gasteiger partial charge in [0.1, 0.15) is 5.82 Å². The molecule has 0 aliphatic heterocycles. The van der Waals surface area contributed by atoms with E-state index in [4.69, 9.17) is 0 Å². The molecule has 2 heterocycles. The van der Waals surface area contributed by atoms with Crippen LogP contribution in [0, 0.1) is 12.7 Å². The fourth-order valence-electron chi connectivity index (χ4n) is 1.85. The maximum atomic E-state index is 13.1. The van der Waals surface area contributed by atoms with Crippen LogP contribution in [-0.4, -0.2) is 15.2 Å². The van der Waals surface area contributed by atoms with E-state index >= 15 is 0 Å². The number of nitrogens with one attached hydrogen (secondary N) is 1. The Bertz CT molecular complexity index is 688. The molecule has 0 amide bonds. The van der Waals surface area contributed by atoms with E-state index in [0.29, 0.717) is 5.65 Å². The van der Waals surface area contributed by atoms with Crippen molar-refractivity contribution in [1.29, 1.82) is 0 Å². The minimum atomic E-state index is -0.244. The van der Waals surface area contributed by atoms with Crippen molar-refractivity contribution in [3.8, 4) is 11.1 Å². The lowest BCUT2D eigenvalue weighted by atomic mass is 10.1. The number of hydrogen-bond acceptors (Lipinski definition) is 2. The van der Waals surface area contributed by atoms with Gasteiger partial charge in [-0.3, -0.25) is 5.10 Å². The number of H-pyrrole nitrogens is 1. The number of aryl methyl sites for hydroxylation is 1. The molecule has 3 rings (SSSR count). The van der Waals surface area contributed by atoms with Crippen molar-refractivity contribution < 1.29 is 4.39 Å². The lowest BCUT2D eigenvalue weighted by Gasteiger charge is -2.01. The fourth-order valence-corrected chi connectivity index (χ4v) is 1.85. The van der Waals surface area contributed by atoms with Gasteiger partial charge in [-0.25, -0.2) is 9.37 Å². The standard InChI is InChI=1S/C13H10FN3/c1-8-12-6-10(7-15-13(12)17-16-8)9-3-2-4-11(14)5-9/h2-7H,1H3,(H,15,16,17). The maximum Gasteiger partial charge on any atom is 0.181 e. The zero-order valence-corrected chi connectivity index (χ0v) is 9.24. The molecule has 84 valence electrons. The Morgan fingerprint density at radius 3 is 2.88 bits per heavy atom. The van der Waals surface area contributed by atoms with Gasteiger partial charge in [0.05, 0.1) is 0 Å². The average molecular weight is 227 g/mol. The molecule has 0 unspecified atom stereocenters. The highest BCUT2D eigenvalue weighted by molar-refractivity contribution is 5.82. The summed E-state index contributed by atoms with van der Waals surface area (Å²) < 4.78 is 13.1. The van der Waals surface area contributed by atoms with Gasteiger partial charge in [-0.05, 0) is 30.7 Å². The van der Waals surface area contributed by atoms with Crippen LogP contribution in [0.4, 0.5) is 4.39 Å². The smallest absolute Gasteiger partial charge is 0.181 e. The molecular weight excluding hydrogens is 217 g/mol. The van der Waals surface area contributed by atoms with Crippen LogP contribution in [-0.2, 0) is 0 Å². The molecule has 1 N–H and O–H groups in total. The Labute approximate surface area is 97.3 Å². The van der Waals surface area contributed by atoms with Gasteiger partial charge in [0, 0.05) is 22.8 Å². The van der Waals surface area contributed by atoms with Gasteiger partial charge in [0.15, 0.2) is 5.65 Å². The predicted octanol–water partition coefficient (Wildman–Crippen LogP) is 3.07. The molecule has 0 spiro atoms. The number of benzene rings is 1. The summed E-state index contributed by atoms with van der Waals surface area (Å²) >= 11 is 0. The van der Waals surface area contributed by atoms with Crippen molar-refractivity contribution in [2.45, 2.75) is 6.92 Å². The van der Waals surface area contributed by atoms with Gasteiger partial charge in [-0.2, -0.15) is 5.10 Å². The van der Waals surface area contributed by atoms with Crippen LogP contribution in [0.25, 0.3) is 22.2 Å². The van der Waals surface area contributed by atoms with E-state index in [-0.39, 0.29) is 5.82 Å². The molecule has 3 aromatic rings. The normalized spacial score (nSPS) is 10.9. The highest BCUT2D eigenvalue weighted by Crippen LogP contribution is 2.23. The fraction of sp³-hybridized carbons (Fsp3) is 0.0769. The third kappa shape index (κ3) is 1.67.